The van der Waals surface area contributed by atoms with Crippen LogP contribution in [0.5, 0.6) is 0 Å². The lowest BCUT2D eigenvalue weighted by Crippen LogP contribution is -2.24. The number of hydrogen-bond acceptors (Lipinski definition) is 4. The minimum atomic E-state index is -0.529. The summed E-state index contributed by atoms with van der Waals surface area (Å²) in [5.41, 5.74) is 8.19. The Morgan fingerprint density at radius 2 is 1.88 bits per heavy atom. The van der Waals surface area contributed by atoms with Crippen LogP contribution in [0.1, 0.15) is 47.7 Å². The number of benzene rings is 1. The molecule has 1 aromatic carbocycles. The summed E-state index contributed by atoms with van der Waals surface area (Å²) in [5, 5.41) is 5.02. The predicted octanol–water partition coefficient (Wildman–Crippen LogP) is 3.43. The molecule has 0 spiro atoms. The molecule has 0 aliphatic rings. The molecule has 1 heterocycles. The number of nitrogens with two attached hydrogens (primary N) is 1. The number of nitrogens with one attached hydrogen (secondary N) is 1. The molecule has 134 valence electrons. The van der Waals surface area contributed by atoms with Crippen LogP contribution in [0.2, 0.25) is 0 Å². The van der Waals surface area contributed by atoms with Crippen molar-refractivity contribution in [1.29, 1.82) is 0 Å². The molecule has 0 aliphatic carbocycles. The Kier molecular flexibility index (Phi) is 6.73. The fraction of sp³-hybridized carbons (Fsp3) is 0.368. The summed E-state index contributed by atoms with van der Waals surface area (Å²) in [6.07, 6.45) is 0.358. The molecule has 0 saturated heterocycles. The molecule has 2 rings (SSSR count). The average molecular weight is 359 g/mol. The lowest BCUT2D eigenvalue weighted by Gasteiger charge is -2.17. The number of nitrogens with zero attached hydrogens (tertiary/aromatic N) is 1. The van der Waals surface area contributed by atoms with E-state index in [1.165, 1.54) is 22.5 Å². The fourth-order valence-corrected chi connectivity index (χ4v) is 3.29. The second-order valence-electron chi connectivity index (χ2n) is 6.46. The largest absolute Gasteiger partial charge is 0.366 e. The first-order valence-electron chi connectivity index (χ1n) is 8.31. The standard InChI is InChI=1S/C19H25N3O2S/c1-13(2)15-6-4-14(5-7-15)12-22(3)10-8-17(23)21-19-16(18(20)24)9-11-25-19/h4-7,9,11,13H,8,10,12H2,1-3H3,(H2,20,24)(H,21,23). The number of primary amides is 1. The van der Waals surface area contributed by atoms with E-state index in [1.807, 2.05) is 7.05 Å². The van der Waals surface area contributed by atoms with E-state index in [0.29, 0.717) is 29.4 Å². The van der Waals surface area contributed by atoms with E-state index in [9.17, 15) is 9.59 Å². The molecule has 0 bridgehead atoms. The second kappa shape index (κ2) is 8.78. The van der Waals surface area contributed by atoms with Crippen molar-refractivity contribution < 1.29 is 9.59 Å². The highest BCUT2D eigenvalue weighted by Gasteiger charge is 2.13. The number of carbonyl (C=O) groups is 2. The first kappa shape index (κ1) is 19.1. The van der Waals surface area contributed by atoms with E-state index in [4.69, 9.17) is 5.73 Å². The van der Waals surface area contributed by atoms with Crippen LogP contribution in [0, 0.1) is 0 Å². The molecule has 0 unspecified atom stereocenters. The van der Waals surface area contributed by atoms with Gasteiger partial charge in [0.15, 0.2) is 0 Å². The van der Waals surface area contributed by atoms with Gasteiger partial charge in [-0.2, -0.15) is 0 Å². The molecular formula is C19H25N3O2S. The number of anilines is 1. The molecule has 1 aromatic heterocycles. The van der Waals surface area contributed by atoms with E-state index in [-0.39, 0.29) is 5.91 Å². The van der Waals surface area contributed by atoms with Gasteiger partial charge in [-0.1, -0.05) is 38.1 Å². The smallest absolute Gasteiger partial charge is 0.251 e. The summed E-state index contributed by atoms with van der Waals surface area (Å²) in [4.78, 5) is 25.5. The van der Waals surface area contributed by atoms with E-state index in [1.54, 1.807) is 11.4 Å². The molecule has 0 radical (unpaired) electrons. The highest BCUT2D eigenvalue weighted by molar-refractivity contribution is 7.14. The summed E-state index contributed by atoms with van der Waals surface area (Å²) >= 11 is 1.30. The Bertz CT molecular complexity index is 723. The van der Waals surface area contributed by atoms with Crippen LogP contribution in [0.25, 0.3) is 0 Å². The summed E-state index contributed by atoms with van der Waals surface area (Å²) < 4.78 is 0. The van der Waals surface area contributed by atoms with Crippen molar-refractivity contribution in [2.75, 3.05) is 18.9 Å². The number of thiophene rings is 1. The van der Waals surface area contributed by atoms with Gasteiger partial charge in [-0.3, -0.25) is 9.59 Å². The Balaban J connectivity index is 1.81. The van der Waals surface area contributed by atoms with Crippen LogP contribution in [0.4, 0.5) is 5.00 Å². The molecule has 2 amide bonds. The minimum absolute atomic E-state index is 0.119. The van der Waals surface area contributed by atoms with Crippen LogP contribution in [0.3, 0.4) is 0 Å². The van der Waals surface area contributed by atoms with Gasteiger partial charge in [0.25, 0.3) is 5.91 Å². The van der Waals surface area contributed by atoms with Gasteiger partial charge in [0.05, 0.1) is 5.56 Å². The average Bonchev–Trinajstić information content (AvgIpc) is 3.02. The highest BCUT2D eigenvalue weighted by Crippen LogP contribution is 2.22. The van der Waals surface area contributed by atoms with Gasteiger partial charge in [-0.05, 0) is 35.5 Å². The Labute approximate surface area is 152 Å². The van der Waals surface area contributed by atoms with Crippen molar-refractivity contribution in [2.45, 2.75) is 32.7 Å². The number of amides is 2. The minimum Gasteiger partial charge on any atom is -0.366 e. The zero-order valence-corrected chi connectivity index (χ0v) is 15.7. The van der Waals surface area contributed by atoms with E-state index in [0.717, 1.165) is 6.54 Å². The Hall–Kier alpha value is -2.18. The van der Waals surface area contributed by atoms with Crippen molar-refractivity contribution in [1.82, 2.24) is 4.90 Å². The van der Waals surface area contributed by atoms with Gasteiger partial charge in [0.1, 0.15) is 5.00 Å². The van der Waals surface area contributed by atoms with Gasteiger partial charge >= 0.3 is 0 Å². The Morgan fingerprint density at radius 1 is 1.20 bits per heavy atom. The zero-order valence-electron chi connectivity index (χ0n) is 14.9. The molecule has 0 fully saturated rings. The van der Waals surface area contributed by atoms with Gasteiger partial charge < -0.3 is 16.0 Å². The van der Waals surface area contributed by atoms with Crippen molar-refractivity contribution in [3.63, 3.8) is 0 Å². The van der Waals surface area contributed by atoms with Crippen LogP contribution < -0.4 is 11.1 Å². The molecule has 5 nitrogen and oxygen atoms in total. The van der Waals surface area contributed by atoms with E-state index < -0.39 is 5.91 Å². The molecule has 0 saturated carbocycles. The highest BCUT2D eigenvalue weighted by atomic mass is 32.1. The molecule has 2 aromatic rings. The van der Waals surface area contributed by atoms with Crippen molar-refractivity contribution in [3.8, 4) is 0 Å². The first-order chi connectivity index (χ1) is 11.9. The zero-order chi connectivity index (χ0) is 18.4. The summed E-state index contributed by atoms with van der Waals surface area (Å²) in [5.74, 6) is -0.122. The SMILES string of the molecule is CC(C)c1ccc(CN(C)CCC(=O)Nc2sccc2C(N)=O)cc1. The van der Waals surface area contributed by atoms with E-state index >= 15 is 0 Å². The van der Waals surface area contributed by atoms with Crippen molar-refractivity contribution >= 4 is 28.2 Å². The van der Waals surface area contributed by atoms with Gasteiger partial charge in [0, 0.05) is 19.5 Å². The Morgan fingerprint density at radius 3 is 2.48 bits per heavy atom. The third kappa shape index (κ3) is 5.69. The second-order valence-corrected chi connectivity index (χ2v) is 7.38. The number of carbonyl (C=O) groups excluding carboxylic acids is 2. The summed E-state index contributed by atoms with van der Waals surface area (Å²) in [6, 6.07) is 10.2. The molecule has 3 N–H and O–H groups in total. The van der Waals surface area contributed by atoms with Crippen molar-refractivity contribution in [2.24, 2.45) is 5.73 Å². The van der Waals surface area contributed by atoms with Crippen LogP contribution in [-0.2, 0) is 11.3 Å². The van der Waals surface area contributed by atoms with Gasteiger partial charge in [-0.15, -0.1) is 11.3 Å². The van der Waals surface area contributed by atoms with Crippen LogP contribution in [-0.4, -0.2) is 30.3 Å². The lowest BCUT2D eigenvalue weighted by molar-refractivity contribution is -0.116. The number of rotatable bonds is 8. The van der Waals surface area contributed by atoms with E-state index in [2.05, 4.69) is 48.3 Å². The van der Waals surface area contributed by atoms with Gasteiger partial charge in [-0.25, -0.2) is 0 Å². The molecule has 25 heavy (non-hydrogen) atoms. The third-order valence-electron chi connectivity index (χ3n) is 4.00. The molecule has 0 atom stereocenters. The maximum atomic E-state index is 12.1. The predicted molar refractivity (Wildman–Crippen MR) is 103 cm³/mol. The molecular weight excluding hydrogens is 334 g/mol. The summed E-state index contributed by atoms with van der Waals surface area (Å²) in [6.45, 7) is 5.78. The van der Waals surface area contributed by atoms with Crippen molar-refractivity contribution in [3.05, 3.63) is 52.4 Å². The maximum Gasteiger partial charge on any atom is 0.251 e. The third-order valence-corrected chi connectivity index (χ3v) is 4.83. The monoisotopic (exact) mass is 359 g/mol. The normalized spacial score (nSPS) is 11.1. The summed E-state index contributed by atoms with van der Waals surface area (Å²) in [7, 11) is 1.99. The van der Waals surface area contributed by atoms with Crippen LogP contribution >= 0.6 is 11.3 Å². The fourth-order valence-electron chi connectivity index (χ4n) is 2.48. The number of hydrogen-bond donors (Lipinski definition) is 2. The maximum absolute atomic E-state index is 12.1. The molecule has 6 heteroatoms. The van der Waals surface area contributed by atoms with Gasteiger partial charge in [0.2, 0.25) is 5.91 Å². The molecule has 0 aliphatic heterocycles. The van der Waals surface area contributed by atoms with Crippen LogP contribution in [0.15, 0.2) is 35.7 Å². The topological polar surface area (TPSA) is 75.4 Å². The lowest BCUT2D eigenvalue weighted by atomic mass is 10.0. The first-order valence-corrected chi connectivity index (χ1v) is 9.19. The quantitative estimate of drug-likeness (QED) is 0.758.